The van der Waals surface area contributed by atoms with Gasteiger partial charge in [0.15, 0.2) is 0 Å². The van der Waals surface area contributed by atoms with Crippen LogP contribution in [-0.4, -0.2) is 19.0 Å². The van der Waals surface area contributed by atoms with Crippen LogP contribution in [-0.2, 0) is 9.53 Å². The van der Waals surface area contributed by atoms with E-state index in [2.05, 4.69) is 5.32 Å². The predicted octanol–water partition coefficient (Wildman–Crippen LogP) is 3.78. The van der Waals surface area contributed by atoms with E-state index in [4.69, 9.17) is 4.74 Å². The van der Waals surface area contributed by atoms with Crippen LogP contribution in [0.2, 0.25) is 0 Å². The van der Waals surface area contributed by atoms with E-state index in [-0.39, 0.29) is 5.91 Å². The molecule has 110 valence electrons. The van der Waals surface area contributed by atoms with Gasteiger partial charge in [0.25, 0.3) is 0 Å². The summed E-state index contributed by atoms with van der Waals surface area (Å²) < 4.78 is 4.87. The van der Waals surface area contributed by atoms with Crippen molar-refractivity contribution in [1.82, 2.24) is 0 Å². The van der Waals surface area contributed by atoms with Crippen molar-refractivity contribution in [2.45, 2.75) is 20.8 Å². The van der Waals surface area contributed by atoms with Gasteiger partial charge < -0.3 is 10.1 Å². The molecule has 0 bridgehead atoms. The van der Waals surface area contributed by atoms with Crippen molar-refractivity contribution in [3.05, 3.63) is 40.3 Å². The minimum Gasteiger partial charge on any atom is -0.465 e. The molecule has 4 nitrogen and oxygen atoms in total. The molecule has 2 aromatic rings. The van der Waals surface area contributed by atoms with E-state index in [1.165, 1.54) is 25.4 Å². The highest BCUT2D eigenvalue weighted by Crippen LogP contribution is 2.37. The minimum absolute atomic E-state index is 0.213. The monoisotopic (exact) mass is 303 g/mol. The van der Waals surface area contributed by atoms with Crippen molar-refractivity contribution in [2.75, 3.05) is 12.4 Å². The zero-order chi connectivity index (χ0) is 15.6. The molecule has 0 spiro atoms. The maximum atomic E-state index is 12.1. The number of hydrogen-bond acceptors (Lipinski definition) is 4. The van der Waals surface area contributed by atoms with Crippen LogP contribution in [0.3, 0.4) is 0 Å². The van der Waals surface area contributed by atoms with Gasteiger partial charge in [-0.25, -0.2) is 4.79 Å². The maximum absolute atomic E-state index is 12.1. The van der Waals surface area contributed by atoms with Gasteiger partial charge in [0.2, 0.25) is 5.91 Å². The third kappa shape index (κ3) is 3.13. The van der Waals surface area contributed by atoms with E-state index < -0.39 is 5.97 Å². The molecular formula is C16H17NO3S. The lowest BCUT2D eigenvalue weighted by Crippen LogP contribution is -2.10. The Labute approximate surface area is 127 Å². The van der Waals surface area contributed by atoms with Gasteiger partial charge in [0.05, 0.1) is 7.11 Å². The lowest BCUT2D eigenvalue weighted by Gasteiger charge is -2.09. The van der Waals surface area contributed by atoms with Gasteiger partial charge in [-0.2, -0.15) is 0 Å². The summed E-state index contributed by atoms with van der Waals surface area (Å²) in [6, 6.07) is 6.07. The lowest BCUT2D eigenvalue weighted by molar-refractivity contribution is -0.114. The van der Waals surface area contributed by atoms with Crippen LogP contribution in [0.4, 0.5) is 5.00 Å². The molecule has 1 amide bonds. The van der Waals surface area contributed by atoms with E-state index in [1.54, 1.807) is 0 Å². The number of benzene rings is 1. The average molecular weight is 303 g/mol. The first kappa shape index (κ1) is 15.3. The Bertz CT molecular complexity index is 704. The fraction of sp³-hybridized carbons (Fsp3) is 0.250. The third-order valence-electron chi connectivity index (χ3n) is 3.15. The highest BCUT2D eigenvalue weighted by Gasteiger charge is 2.22. The zero-order valence-electron chi connectivity index (χ0n) is 12.4. The summed E-state index contributed by atoms with van der Waals surface area (Å²) in [6.07, 6.45) is 0. The van der Waals surface area contributed by atoms with Crippen molar-refractivity contribution in [3.8, 4) is 11.1 Å². The number of hydrogen-bond donors (Lipinski definition) is 1. The number of ether oxygens (including phenoxy) is 1. The molecule has 1 aromatic heterocycles. The summed E-state index contributed by atoms with van der Waals surface area (Å²) in [7, 11) is 1.34. The number of methoxy groups -OCH3 is 1. The molecule has 0 saturated carbocycles. The summed E-state index contributed by atoms with van der Waals surface area (Å²) in [5.41, 5.74) is 4.35. The molecule has 2 rings (SSSR count). The van der Waals surface area contributed by atoms with Gasteiger partial charge in [-0.15, -0.1) is 11.3 Å². The predicted molar refractivity (Wildman–Crippen MR) is 84.9 cm³/mol. The second kappa shape index (κ2) is 6.10. The Morgan fingerprint density at radius 1 is 1.19 bits per heavy atom. The van der Waals surface area contributed by atoms with Gasteiger partial charge in [-0.05, 0) is 25.0 Å². The number of nitrogens with one attached hydrogen (secondary N) is 1. The number of anilines is 1. The van der Waals surface area contributed by atoms with Crippen LogP contribution < -0.4 is 5.32 Å². The summed E-state index contributed by atoms with van der Waals surface area (Å²) >= 11 is 1.32. The average Bonchev–Trinajstić information content (AvgIpc) is 2.83. The quantitative estimate of drug-likeness (QED) is 0.878. The Hall–Kier alpha value is -2.14. The second-order valence-corrected chi connectivity index (χ2v) is 5.72. The number of carbonyl (C=O) groups is 2. The molecule has 1 aromatic carbocycles. The Balaban J connectivity index is 2.63. The van der Waals surface area contributed by atoms with Crippen LogP contribution in [0.25, 0.3) is 11.1 Å². The van der Waals surface area contributed by atoms with Crippen LogP contribution in [0.15, 0.2) is 23.6 Å². The number of thiophene rings is 1. The fourth-order valence-electron chi connectivity index (χ4n) is 2.14. The Kier molecular flexibility index (Phi) is 4.43. The fourth-order valence-corrected chi connectivity index (χ4v) is 3.13. The molecule has 5 heteroatoms. The number of rotatable bonds is 3. The summed E-state index contributed by atoms with van der Waals surface area (Å²) in [5, 5.41) is 5.08. The summed E-state index contributed by atoms with van der Waals surface area (Å²) in [5.74, 6) is -0.662. The van der Waals surface area contributed by atoms with E-state index in [1.807, 2.05) is 37.4 Å². The first-order valence-electron chi connectivity index (χ1n) is 6.49. The van der Waals surface area contributed by atoms with Crippen LogP contribution in [0.5, 0.6) is 0 Å². The summed E-state index contributed by atoms with van der Waals surface area (Å²) in [4.78, 5) is 23.4. The standard InChI is InChI=1S/C16H17NO3S/c1-9-5-6-10(2)12(7-9)13-8-21-15(17-11(3)18)14(13)16(19)20-4/h5-8H,1-4H3,(H,17,18). The Morgan fingerprint density at radius 3 is 2.52 bits per heavy atom. The highest BCUT2D eigenvalue weighted by molar-refractivity contribution is 7.15. The molecule has 21 heavy (non-hydrogen) atoms. The maximum Gasteiger partial charge on any atom is 0.341 e. The molecule has 0 aliphatic rings. The van der Waals surface area contributed by atoms with Crippen molar-refractivity contribution < 1.29 is 14.3 Å². The normalized spacial score (nSPS) is 10.3. The molecule has 1 N–H and O–H groups in total. The van der Waals surface area contributed by atoms with E-state index >= 15 is 0 Å². The van der Waals surface area contributed by atoms with Crippen LogP contribution in [0, 0.1) is 13.8 Å². The first-order valence-corrected chi connectivity index (χ1v) is 7.37. The Morgan fingerprint density at radius 2 is 1.90 bits per heavy atom. The molecule has 0 aliphatic heterocycles. The molecule has 0 atom stereocenters. The van der Waals surface area contributed by atoms with Gasteiger partial charge in [0.1, 0.15) is 10.6 Å². The van der Waals surface area contributed by atoms with E-state index in [9.17, 15) is 9.59 Å². The first-order chi connectivity index (χ1) is 9.93. The SMILES string of the molecule is COC(=O)c1c(-c2cc(C)ccc2C)csc1NC(C)=O. The topological polar surface area (TPSA) is 55.4 Å². The smallest absolute Gasteiger partial charge is 0.341 e. The molecular weight excluding hydrogens is 286 g/mol. The van der Waals surface area contributed by atoms with Crippen LogP contribution in [0.1, 0.15) is 28.4 Å². The van der Waals surface area contributed by atoms with Crippen molar-refractivity contribution in [1.29, 1.82) is 0 Å². The molecule has 0 aliphatic carbocycles. The summed E-state index contributed by atoms with van der Waals surface area (Å²) in [6.45, 7) is 5.41. The van der Waals surface area contributed by atoms with E-state index in [0.717, 1.165) is 22.3 Å². The molecule has 0 unspecified atom stereocenters. The van der Waals surface area contributed by atoms with Gasteiger partial charge in [-0.3, -0.25) is 4.79 Å². The zero-order valence-corrected chi connectivity index (χ0v) is 13.3. The molecule has 0 radical (unpaired) electrons. The van der Waals surface area contributed by atoms with Crippen molar-refractivity contribution in [2.24, 2.45) is 0 Å². The highest BCUT2D eigenvalue weighted by atomic mass is 32.1. The number of amides is 1. The van der Waals surface area contributed by atoms with Crippen LogP contribution >= 0.6 is 11.3 Å². The third-order valence-corrected chi connectivity index (χ3v) is 4.05. The minimum atomic E-state index is -0.448. The van der Waals surface area contributed by atoms with Crippen molar-refractivity contribution in [3.63, 3.8) is 0 Å². The van der Waals surface area contributed by atoms with Crippen molar-refractivity contribution >= 4 is 28.2 Å². The number of esters is 1. The number of aryl methyl sites for hydroxylation is 2. The number of carbonyl (C=O) groups excluding carboxylic acids is 2. The second-order valence-electron chi connectivity index (χ2n) is 4.84. The lowest BCUT2D eigenvalue weighted by atomic mass is 9.97. The largest absolute Gasteiger partial charge is 0.465 e. The van der Waals surface area contributed by atoms with Gasteiger partial charge >= 0.3 is 5.97 Å². The molecule has 0 saturated heterocycles. The molecule has 0 fully saturated rings. The van der Waals surface area contributed by atoms with Gasteiger partial charge in [0, 0.05) is 17.9 Å². The van der Waals surface area contributed by atoms with Gasteiger partial charge in [-0.1, -0.05) is 23.8 Å². The molecule has 1 heterocycles. The van der Waals surface area contributed by atoms with E-state index in [0.29, 0.717) is 10.6 Å².